The number of hydrogen-bond donors (Lipinski definition) is 1. The summed E-state index contributed by atoms with van der Waals surface area (Å²) in [5.74, 6) is -2.52. The van der Waals surface area contributed by atoms with Gasteiger partial charge in [0.25, 0.3) is 5.91 Å². The summed E-state index contributed by atoms with van der Waals surface area (Å²) in [5, 5.41) is 8.96. The first-order valence-electron chi connectivity index (χ1n) is 5.09. The highest BCUT2D eigenvalue weighted by Gasteiger charge is 2.33. The number of hydrogen-bond acceptors (Lipinski definition) is 2. The second kappa shape index (κ2) is 5.24. The smallest absolute Gasteiger partial charge is 0.406 e. The third-order valence-electron chi connectivity index (χ3n) is 2.22. The first-order valence-corrected chi connectivity index (χ1v) is 5.09. The molecule has 0 aromatic heterocycles. The summed E-state index contributed by atoms with van der Waals surface area (Å²) in [6.07, 6.45) is -4.54. The van der Waals surface area contributed by atoms with Crippen molar-refractivity contribution < 1.29 is 27.5 Å². The van der Waals surface area contributed by atoms with Crippen molar-refractivity contribution >= 4 is 5.91 Å². The van der Waals surface area contributed by atoms with Gasteiger partial charge >= 0.3 is 6.18 Å². The number of carbonyl (C=O) groups is 1. The molecule has 1 rings (SSSR count). The Balaban J connectivity index is 2.97. The van der Waals surface area contributed by atoms with Crippen LogP contribution in [0.4, 0.5) is 17.6 Å². The zero-order valence-corrected chi connectivity index (χ0v) is 9.46. The molecule has 0 heterocycles. The van der Waals surface area contributed by atoms with E-state index in [9.17, 15) is 22.4 Å². The highest BCUT2D eigenvalue weighted by Crippen LogP contribution is 2.20. The van der Waals surface area contributed by atoms with Crippen LogP contribution in [-0.2, 0) is 0 Å². The van der Waals surface area contributed by atoms with E-state index in [2.05, 4.69) is 0 Å². The molecule has 0 fully saturated rings. The van der Waals surface area contributed by atoms with Gasteiger partial charge in [-0.1, -0.05) is 0 Å². The van der Waals surface area contributed by atoms with Crippen LogP contribution < -0.4 is 0 Å². The van der Waals surface area contributed by atoms with Crippen molar-refractivity contribution in [1.82, 2.24) is 4.90 Å². The van der Waals surface area contributed by atoms with Crippen molar-refractivity contribution in [3.05, 3.63) is 29.6 Å². The number of aromatic hydroxyl groups is 1. The van der Waals surface area contributed by atoms with Crippen LogP contribution in [0.3, 0.4) is 0 Å². The number of phenolic OH excluding ortho intramolecular Hbond substituents is 1. The average Bonchev–Trinajstić information content (AvgIpc) is 2.24. The fourth-order valence-corrected chi connectivity index (χ4v) is 1.39. The minimum Gasteiger partial charge on any atom is -0.508 e. The van der Waals surface area contributed by atoms with E-state index in [4.69, 9.17) is 5.11 Å². The number of phenols is 1. The molecular formula is C11H11F4NO2. The van der Waals surface area contributed by atoms with E-state index in [-0.39, 0.29) is 6.54 Å². The standard InChI is InChI=1S/C11H11F4NO2/c1-2-16(6-11(13,14)15)10(18)8-4-3-7(17)5-9(8)12/h3-5,17H,2,6H2,1H3. The zero-order valence-electron chi connectivity index (χ0n) is 9.46. The predicted octanol–water partition coefficient (Wildman–Crippen LogP) is 2.56. The largest absolute Gasteiger partial charge is 0.508 e. The minimum atomic E-state index is -4.54. The lowest BCUT2D eigenvalue weighted by Crippen LogP contribution is -2.39. The third-order valence-corrected chi connectivity index (χ3v) is 2.22. The Bertz CT molecular complexity index is 445. The van der Waals surface area contributed by atoms with Crippen molar-refractivity contribution in [2.45, 2.75) is 13.1 Å². The molecule has 100 valence electrons. The van der Waals surface area contributed by atoms with Gasteiger partial charge in [0.15, 0.2) is 0 Å². The monoisotopic (exact) mass is 265 g/mol. The normalized spacial score (nSPS) is 11.4. The van der Waals surface area contributed by atoms with E-state index < -0.39 is 35.8 Å². The fourth-order valence-electron chi connectivity index (χ4n) is 1.39. The first-order chi connectivity index (χ1) is 8.24. The van der Waals surface area contributed by atoms with Gasteiger partial charge in [0.1, 0.15) is 18.1 Å². The van der Waals surface area contributed by atoms with Crippen LogP contribution in [0.2, 0.25) is 0 Å². The van der Waals surface area contributed by atoms with Crippen LogP contribution in [0.15, 0.2) is 18.2 Å². The molecular weight excluding hydrogens is 254 g/mol. The molecule has 0 aliphatic rings. The Labute approximate surface area is 101 Å². The van der Waals surface area contributed by atoms with Crippen LogP contribution in [0.1, 0.15) is 17.3 Å². The van der Waals surface area contributed by atoms with Crippen molar-refractivity contribution in [1.29, 1.82) is 0 Å². The summed E-state index contributed by atoms with van der Waals surface area (Å²) in [7, 11) is 0. The molecule has 0 unspecified atom stereocenters. The molecule has 7 heteroatoms. The van der Waals surface area contributed by atoms with E-state index in [0.29, 0.717) is 11.0 Å². The molecule has 18 heavy (non-hydrogen) atoms. The van der Waals surface area contributed by atoms with Gasteiger partial charge in [-0.25, -0.2) is 4.39 Å². The fraction of sp³-hybridized carbons (Fsp3) is 0.364. The Kier molecular flexibility index (Phi) is 4.15. The number of carbonyl (C=O) groups excluding carboxylic acids is 1. The van der Waals surface area contributed by atoms with Crippen LogP contribution in [0, 0.1) is 5.82 Å². The molecule has 1 N–H and O–H groups in total. The van der Waals surface area contributed by atoms with Crippen LogP contribution in [0.25, 0.3) is 0 Å². The van der Waals surface area contributed by atoms with Gasteiger partial charge in [0, 0.05) is 12.6 Å². The average molecular weight is 265 g/mol. The highest BCUT2D eigenvalue weighted by atomic mass is 19.4. The maximum absolute atomic E-state index is 13.3. The Morgan fingerprint density at radius 1 is 1.39 bits per heavy atom. The van der Waals surface area contributed by atoms with E-state index in [1.54, 1.807) is 0 Å². The quantitative estimate of drug-likeness (QED) is 0.853. The Morgan fingerprint density at radius 3 is 2.44 bits per heavy atom. The van der Waals surface area contributed by atoms with Gasteiger partial charge in [0.2, 0.25) is 0 Å². The molecule has 0 spiro atoms. The molecule has 0 bridgehead atoms. The predicted molar refractivity (Wildman–Crippen MR) is 55.7 cm³/mol. The molecule has 1 aromatic rings. The van der Waals surface area contributed by atoms with Crippen molar-refractivity contribution in [3.8, 4) is 5.75 Å². The van der Waals surface area contributed by atoms with Crippen molar-refractivity contribution in [2.75, 3.05) is 13.1 Å². The van der Waals surface area contributed by atoms with E-state index in [0.717, 1.165) is 12.1 Å². The Morgan fingerprint density at radius 2 is 2.00 bits per heavy atom. The van der Waals surface area contributed by atoms with E-state index in [1.165, 1.54) is 6.92 Å². The van der Waals surface area contributed by atoms with E-state index in [1.807, 2.05) is 0 Å². The third kappa shape index (κ3) is 3.61. The second-order valence-electron chi connectivity index (χ2n) is 3.60. The van der Waals surface area contributed by atoms with Gasteiger partial charge in [-0.05, 0) is 19.1 Å². The molecule has 0 aliphatic heterocycles. The minimum absolute atomic E-state index is 0.196. The van der Waals surface area contributed by atoms with Crippen LogP contribution >= 0.6 is 0 Å². The van der Waals surface area contributed by atoms with E-state index >= 15 is 0 Å². The summed E-state index contributed by atoms with van der Waals surface area (Å²) in [6.45, 7) is -0.275. The summed E-state index contributed by atoms with van der Waals surface area (Å²) in [6, 6.07) is 2.67. The number of amides is 1. The topological polar surface area (TPSA) is 40.5 Å². The highest BCUT2D eigenvalue weighted by molar-refractivity contribution is 5.94. The maximum Gasteiger partial charge on any atom is 0.406 e. The summed E-state index contributed by atoms with van der Waals surface area (Å²) in [5.41, 5.74) is -0.501. The molecule has 0 saturated heterocycles. The number of halogens is 4. The SMILES string of the molecule is CCN(CC(F)(F)F)C(=O)c1ccc(O)cc1F. The molecule has 0 atom stereocenters. The van der Waals surface area contributed by atoms with Gasteiger partial charge in [-0.15, -0.1) is 0 Å². The van der Waals surface area contributed by atoms with Gasteiger partial charge in [0.05, 0.1) is 5.56 Å². The first kappa shape index (κ1) is 14.3. The molecule has 0 radical (unpaired) electrons. The van der Waals surface area contributed by atoms with Gasteiger partial charge < -0.3 is 10.0 Å². The molecule has 3 nitrogen and oxygen atoms in total. The number of rotatable bonds is 3. The van der Waals surface area contributed by atoms with Crippen LogP contribution in [0.5, 0.6) is 5.75 Å². The lowest BCUT2D eigenvalue weighted by molar-refractivity contribution is -0.140. The summed E-state index contributed by atoms with van der Waals surface area (Å²) >= 11 is 0. The Hall–Kier alpha value is -1.79. The second-order valence-corrected chi connectivity index (χ2v) is 3.60. The lowest BCUT2D eigenvalue weighted by Gasteiger charge is -2.22. The number of alkyl halides is 3. The maximum atomic E-state index is 13.3. The van der Waals surface area contributed by atoms with Gasteiger partial charge in [-0.2, -0.15) is 13.2 Å². The van der Waals surface area contributed by atoms with Crippen molar-refractivity contribution in [3.63, 3.8) is 0 Å². The number of nitrogens with zero attached hydrogens (tertiary/aromatic N) is 1. The molecule has 0 aliphatic carbocycles. The summed E-state index contributed by atoms with van der Waals surface area (Å²) in [4.78, 5) is 12.2. The summed E-state index contributed by atoms with van der Waals surface area (Å²) < 4.78 is 50.0. The van der Waals surface area contributed by atoms with Gasteiger partial charge in [-0.3, -0.25) is 4.79 Å². The lowest BCUT2D eigenvalue weighted by atomic mass is 10.1. The molecule has 0 saturated carbocycles. The molecule has 1 amide bonds. The zero-order chi connectivity index (χ0) is 13.9. The molecule has 1 aromatic carbocycles. The number of benzene rings is 1. The van der Waals surface area contributed by atoms with Crippen molar-refractivity contribution in [2.24, 2.45) is 0 Å². The van der Waals surface area contributed by atoms with Crippen LogP contribution in [-0.4, -0.2) is 35.2 Å².